The maximum Gasteiger partial charge on any atom is 0.315 e. The van der Waals surface area contributed by atoms with Crippen LogP contribution in [0.2, 0.25) is 0 Å². The van der Waals surface area contributed by atoms with Crippen molar-refractivity contribution in [1.29, 1.82) is 0 Å². The largest absolute Gasteiger partial charge is 0.336 e. The minimum Gasteiger partial charge on any atom is -0.336 e. The molecule has 0 saturated carbocycles. The Labute approximate surface area is 109 Å². The lowest BCUT2D eigenvalue weighted by Crippen LogP contribution is -2.41. The normalized spacial score (nSPS) is 19.1. The van der Waals surface area contributed by atoms with Crippen LogP contribution in [-0.4, -0.2) is 12.1 Å². The van der Waals surface area contributed by atoms with Gasteiger partial charge in [-0.2, -0.15) is 0 Å². The monoisotopic (exact) mass is 246 g/mol. The Bertz CT molecular complexity index is 417. The molecule has 2 atom stereocenters. The maximum absolute atomic E-state index is 11.9. The summed E-state index contributed by atoms with van der Waals surface area (Å²) < 4.78 is 0. The Hall–Kier alpha value is -1.51. The smallest absolute Gasteiger partial charge is 0.315 e. The molecule has 1 aromatic carbocycles. The first-order chi connectivity index (χ1) is 8.70. The topological polar surface area (TPSA) is 41.1 Å². The van der Waals surface area contributed by atoms with Gasteiger partial charge in [-0.1, -0.05) is 37.6 Å². The van der Waals surface area contributed by atoms with E-state index in [1.54, 1.807) is 0 Å². The van der Waals surface area contributed by atoms with Gasteiger partial charge in [-0.3, -0.25) is 0 Å². The van der Waals surface area contributed by atoms with Crippen molar-refractivity contribution in [2.75, 3.05) is 0 Å². The molecule has 98 valence electrons. The number of rotatable bonds is 4. The third-order valence-electron chi connectivity index (χ3n) is 3.54. The van der Waals surface area contributed by atoms with E-state index in [1.165, 1.54) is 11.1 Å². The summed E-state index contributed by atoms with van der Waals surface area (Å²) in [4.78, 5) is 11.9. The molecule has 2 rings (SSSR count). The highest BCUT2D eigenvalue weighted by molar-refractivity contribution is 5.75. The first-order valence-electron chi connectivity index (χ1n) is 6.85. The average Bonchev–Trinajstić information content (AvgIpc) is 2.73. The molecule has 1 aromatic rings. The summed E-state index contributed by atoms with van der Waals surface area (Å²) in [5, 5.41) is 6.06. The van der Waals surface area contributed by atoms with Crippen LogP contribution in [0.25, 0.3) is 0 Å². The predicted molar refractivity (Wildman–Crippen MR) is 73.5 cm³/mol. The van der Waals surface area contributed by atoms with Gasteiger partial charge in [-0.25, -0.2) is 4.79 Å². The number of benzene rings is 1. The van der Waals surface area contributed by atoms with E-state index in [4.69, 9.17) is 0 Å². The second-order valence-electron chi connectivity index (χ2n) is 5.10. The fraction of sp³-hybridized carbons (Fsp3) is 0.533. The Morgan fingerprint density at radius 3 is 3.00 bits per heavy atom. The van der Waals surface area contributed by atoms with Crippen LogP contribution >= 0.6 is 0 Å². The van der Waals surface area contributed by atoms with Crippen LogP contribution in [0.15, 0.2) is 24.3 Å². The second kappa shape index (κ2) is 5.89. The summed E-state index contributed by atoms with van der Waals surface area (Å²) in [5.74, 6) is 0. The van der Waals surface area contributed by atoms with E-state index in [9.17, 15) is 4.79 Å². The standard InChI is InChI=1S/C15H22N2O/c1-3-6-11(2)16-15(18)17-14-10-9-12-7-4-5-8-13(12)14/h4-5,7-8,11,14H,3,6,9-10H2,1-2H3,(H2,16,17,18)/t11-,14+/m0/s1. The lowest BCUT2D eigenvalue weighted by molar-refractivity contribution is 0.233. The molecule has 3 heteroatoms. The van der Waals surface area contributed by atoms with Gasteiger partial charge < -0.3 is 10.6 Å². The molecule has 0 bridgehead atoms. The summed E-state index contributed by atoms with van der Waals surface area (Å²) in [7, 11) is 0. The number of urea groups is 1. The second-order valence-corrected chi connectivity index (χ2v) is 5.10. The van der Waals surface area contributed by atoms with E-state index in [0.29, 0.717) is 0 Å². The van der Waals surface area contributed by atoms with Crippen LogP contribution in [0.5, 0.6) is 0 Å². The zero-order valence-corrected chi connectivity index (χ0v) is 11.2. The number of nitrogens with one attached hydrogen (secondary N) is 2. The third-order valence-corrected chi connectivity index (χ3v) is 3.54. The minimum atomic E-state index is -0.0438. The number of carbonyl (C=O) groups is 1. The Balaban J connectivity index is 1.89. The minimum absolute atomic E-state index is 0.0438. The molecule has 0 fully saturated rings. The summed E-state index contributed by atoms with van der Waals surface area (Å²) in [5.41, 5.74) is 2.64. The van der Waals surface area contributed by atoms with E-state index >= 15 is 0 Å². The molecule has 0 saturated heterocycles. The van der Waals surface area contributed by atoms with Gasteiger partial charge in [0.1, 0.15) is 0 Å². The summed E-state index contributed by atoms with van der Waals surface area (Å²) >= 11 is 0. The van der Waals surface area contributed by atoms with E-state index in [0.717, 1.165) is 25.7 Å². The molecular formula is C15H22N2O. The Morgan fingerprint density at radius 1 is 1.44 bits per heavy atom. The van der Waals surface area contributed by atoms with Crippen molar-refractivity contribution in [2.24, 2.45) is 0 Å². The van der Waals surface area contributed by atoms with Crippen molar-refractivity contribution in [3.63, 3.8) is 0 Å². The molecule has 1 aliphatic carbocycles. The molecule has 0 spiro atoms. The van der Waals surface area contributed by atoms with Crippen LogP contribution in [0.4, 0.5) is 4.79 Å². The molecule has 2 amide bonds. The number of aryl methyl sites for hydroxylation is 1. The van der Waals surface area contributed by atoms with Crippen molar-refractivity contribution in [1.82, 2.24) is 10.6 Å². The van der Waals surface area contributed by atoms with Crippen LogP contribution in [0.1, 0.15) is 50.3 Å². The van der Waals surface area contributed by atoms with Gasteiger partial charge in [0.15, 0.2) is 0 Å². The zero-order valence-electron chi connectivity index (χ0n) is 11.2. The van der Waals surface area contributed by atoms with Crippen LogP contribution < -0.4 is 10.6 Å². The summed E-state index contributed by atoms with van der Waals surface area (Å²) in [6.45, 7) is 4.18. The Kier molecular flexibility index (Phi) is 4.24. The highest BCUT2D eigenvalue weighted by Crippen LogP contribution is 2.30. The van der Waals surface area contributed by atoms with Gasteiger partial charge >= 0.3 is 6.03 Å². The van der Waals surface area contributed by atoms with Crippen molar-refractivity contribution < 1.29 is 4.79 Å². The van der Waals surface area contributed by atoms with Gasteiger partial charge in [0.25, 0.3) is 0 Å². The molecule has 3 nitrogen and oxygen atoms in total. The van der Waals surface area contributed by atoms with Crippen molar-refractivity contribution in [2.45, 2.75) is 51.6 Å². The summed E-state index contributed by atoms with van der Waals surface area (Å²) in [6, 6.07) is 8.73. The van der Waals surface area contributed by atoms with Crippen LogP contribution in [0, 0.1) is 0 Å². The predicted octanol–water partition coefficient (Wildman–Crippen LogP) is 3.16. The van der Waals surface area contributed by atoms with Gasteiger partial charge in [-0.15, -0.1) is 0 Å². The van der Waals surface area contributed by atoms with E-state index in [1.807, 2.05) is 13.0 Å². The average molecular weight is 246 g/mol. The first-order valence-corrected chi connectivity index (χ1v) is 6.85. The zero-order chi connectivity index (χ0) is 13.0. The van der Waals surface area contributed by atoms with Crippen molar-refractivity contribution in [3.8, 4) is 0 Å². The van der Waals surface area contributed by atoms with Gasteiger partial charge in [0.2, 0.25) is 0 Å². The maximum atomic E-state index is 11.9. The molecular weight excluding hydrogens is 224 g/mol. The number of fused-ring (bicyclic) bond motifs is 1. The lowest BCUT2D eigenvalue weighted by Gasteiger charge is -2.18. The van der Waals surface area contributed by atoms with Crippen LogP contribution in [0.3, 0.4) is 0 Å². The highest BCUT2D eigenvalue weighted by Gasteiger charge is 2.23. The quantitative estimate of drug-likeness (QED) is 0.841. The molecule has 0 aliphatic heterocycles. The number of carbonyl (C=O) groups excluding carboxylic acids is 1. The fourth-order valence-electron chi connectivity index (χ4n) is 2.64. The van der Waals surface area contributed by atoms with E-state index < -0.39 is 0 Å². The molecule has 0 unspecified atom stereocenters. The lowest BCUT2D eigenvalue weighted by atomic mass is 10.1. The number of hydrogen-bond acceptors (Lipinski definition) is 1. The van der Waals surface area contributed by atoms with E-state index in [2.05, 4.69) is 35.8 Å². The molecule has 1 aliphatic rings. The molecule has 2 N–H and O–H groups in total. The van der Waals surface area contributed by atoms with Gasteiger partial charge in [0.05, 0.1) is 6.04 Å². The molecule has 0 aromatic heterocycles. The fourth-order valence-corrected chi connectivity index (χ4v) is 2.64. The third kappa shape index (κ3) is 3.03. The summed E-state index contributed by atoms with van der Waals surface area (Å²) in [6.07, 6.45) is 4.18. The molecule has 18 heavy (non-hydrogen) atoms. The first kappa shape index (κ1) is 12.9. The van der Waals surface area contributed by atoms with Crippen molar-refractivity contribution >= 4 is 6.03 Å². The van der Waals surface area contributed by atoms with Crippen molar-refractivity contribution in [3.05, 3.63) is 35.4 Å². The Morgan fingerprint density at radius 2 is 2.22 bits per heavy atom. The molecule has 0 radical (unpaired) electrons. The van der Waals surface area contributed by atoms with Gasteiger partial charge in [-0.05, 0) is 37.3 Å². The van der Waals surface area contributed by atoms with E-state index in [-0.39, 0.29) is 18.1 Å². The SMILES string of the molecule is CCC[C@H](C)NC(=O)N[C@@H]1CCc2ccccc21. The number of amides is 2. The van der Waals surface area contributed by atoms with Gasteiger partial charge in [0, 0.05) is 6.04 Å². The molecule has 0 heterocycles. The highest BCUT2D eigenvalue weighted by atomic mass is 16.2. The number of hydrogen-bond donors (Lipinski definition) is 2. The van der Waals surface area contributed by atoms with Crippen LogP contribution in [-0.2, 0) is 6.42 Å².